The van der Waals surface area contributed by atoms with Crippen molar-refractivity contribution in [3.8, 4) is 11.1 Å². The second-order valence-electron chi connectivity index (χ2n) is 8.12. The highest BCUT2D eigenvalue weighted by atomic mass is 35.5. The second-order valence-corrected chi connectivity index (χ2v) is 10.9. The Bertz CT molecular complexity index is 1510. The van der Waals surface area contributed by atoms with Crippen molar-refractivity contribution in [2.75, 3.05) is 11.6 Å². The molecule has 1 atom stereocenters. The van der Waals surface area contributed by atoms with Crippen LogP contribution in [0.5, 0.6) is 0 Å². The summed E-state index contributed by atoms with van der Waals surface area (Å²) in [6.45, 7) is 1.42. The van der Waals surface area contributed by atoms with E-state index >= 15 is 4.39 Å². The van der Waals surface area contributed by atoms with Gasteiger partial charge in [-0.2, -0.15) is 5.10 Å². The van der Waals surface area contributed by atoms with Gasteiger partial charge in [0.05, 0.1) is 28.2 Å². The van der Waals surface area contributed by atoms with Gasteiger partial charge in [0.25, 0.3) is 0 Å². The SMILES string of the molecule is CC(c1c(F)c(Cl)c(-c2ccc3nc(NC(=O)C4CC4)cn3c2)c2cn[nH]c12)S(C)(=O)=O. The molecule has 0 spiro atoms. The zero-order valence-corrected chi connectivity index (χ0v) is 18.8. The monoisotopic (exact) mass is 475 g/mol. The number of carbonyl (C=O) groups is 1. The molecule has 3 aromatic heterocycles. The number of aromatic nitrogens is 4. The maximum Gasteiger partial charge on any atom is 0.228 e. The van der Waals surface area contributed by atoms with Gasteiger partial charge in [-0.25, -0.2) is 17.8 Å². The van der Waals surface area contributed by atoms with E-state index in [9.17, 15) is 13.2 Å². The van der Waals surface area contributed by atoms with Gasteiger partial charge in [0.1, 0.15) is 11.5 Å². The molecule has 8 nitrogen and oxygen atoms in total. The number of aromatic amines is 1. The van der Waals surface area contributed by atoms with Crippen LogP contribution in [0.2, 0.25) is 5.02 Å². The molecule has 1 unspecified atom stereocenters. The molecule has 1 aromatic carbocycles. The highest BCUT2D eigenvalue weighted by molar-refractivity contribution is 7.90. The fourth-order valence-electron chi connectivity index (χ4n) is 3.79. The van der Waals surface area contributed by atoms with Gasteiger partial charge in [-0.3, -0.25) is 9.89 Å². The standard InChI is InChI=1S/C21H19ClFN5O3S/c1-10(32(2,30)31)16-19(23)18(22)17(13-7-24-27-20(13)16)12-5-6-15-25-14(9-28(15)8-12)26-21(29)11-3-4-11/h5-11H,3-4H2,1-2H3,(H,24,27)(H,26,29). The van der Waals surface area contributed by atoms with E-state index in [1.807, 2.05) is 0 Å². The first-order valence-corrected chi connectivity index (χ1v) is 12.3. The average Bonchev–Trinajstić information content (AvgIpc) is 3.35. The number of hydrogen-bond acceptors (Lipinski definition) is 5. The Balaban J connectivity index is 1.64. The van der Waals surface area contributed by atoms with Gasteiger partial charge in [-0.1, -0.05) is 11.6 Å². The maximum atomic E-state index is 15.4. The van der Waals surface area contributed by atoms with Crippen molar-refractivity contribution in [2.24, 2.45) is 5.92 Å². The van der Waals surface area contributed by atoms with Crippen LogP contribution >= 0.6 is 11.6 Å². The molecule has 1 aliphatic rings. The Morgan fingerprint density at radius 2 is 2.09 bits per heavy atom. The van der Waals surface area contributed by atoms with E-state index < -0.39 is 20.9 Å². The van der Waals surface area contributed by atoms with Crippen LogP contribution in [0.25, 0.3) is 27.7 Å². The number of nitrogens with one attached hydrogen (secondary N) is 2. The summed E-state index contributed by atoms with van der Waals surface area (Å²) in [6, 6.07) is 3.47. The lowest BCUT2D eigenvalue weighted by molar-refractivity contribution is -0.117. The fourth-order valence-corrected chi connectivity index (χ4v) is 4.75. The van der Waals surface area contributed by atoms with Gasteiger partial charge in [0.2, 0.25) is 5.91 Å². The summed E-state index contributed by atoms with van der Waals surface area (Å²) in [5, 5.41) is 8.74. The fraction of sp³-hybridized carbons (Fsp3) is 0.286. The Labute approximate surface area is 187 Å². The first-order valence-electron chi connectivity index (χ1n) is 9.98. The summed E-state index contributed by atoms with van der Waals surface area (Å²) in [7, 11) is -3.57. The molecule has 0 bridgehead atoms. The molecule has 2 N–H and O–H groups in total. The normalized spacial score (nSPS) is 15.4. The third kappa shape index (κ3) is 3.43. The van der Waals surface area contributed by atoms with Crippen LogP contribution in [0, 0.1) is 11.7 Å². The number of benzene rings is 1. The van der Waals surface area contributed by atoms with Gasteiger partial charge in [-0.15, -0.1) is 0 Å². The summed E-state index contributed by atoms with van der Waals surface area (Å²) in [6.07, 6.45) is 7.73. The van der Waals surface area contributed by atoms with Crippen LogP contribution < -0.4 is 5.32 Å². The number of pyridine rings is 1. The average molecular weight is 476 g/mol. The lowest BCUT2D eigenvalue weighted by atomic mass is 9.98. The van der Waals surface area contributed by atoms with Crippen molar-refractivity contribution >= 4 is 49.7 Å². The highest BCUT2D eigenvalue weighted by Crippen LogP contribution is 2.42. The molecule has 5 rings (SSSR count). The van der Waals surface area contributed by atoms with Crippen molar-refractivity contribution in [3.63, 3.8) is 0 Å². The first kappa shape index (κ1) is 20.9. The van der Waals surface area contributed by atoms with Crippen molar-refractivity contribution in [3.05, 3.63) is 47.1 Å². The molecule has 166 valence electrons. The molecule has 11 heteroatoms. The van der Waals surface area contributed by atoms with Crippen molar-refractivity contribution < 1.29 is 17.6 Å². The van der Waals surface area contributed by atoms with Gasteiger partial charge in [0.15, 0.2) is 15.7 Å². The Morgan fingerprint density at radius 3 is 2.78 bits per heavy atom. The molecular weight excluding hydrogens is 457 g/mol. The molecule has 0 saturated heterocycles. The molecule has 1 aliphatic carbocycles. The lowest BCUT2D eigenvalue weighted by Crippen LogP contribution is -2.13. The molecule has 1 amide bonds. The molecule has 32 heavy (non-hydrogen) atoms. The number of anilines is 1. The molecular formula is C21H19ClFN5O3S. The molecule has 1 fully saturated rings. The number of imidazole rings is 1. The Hall–Kier alpha value is -2.98. The largest absolute Gasteiger partial charge is 0.309 e. The number of sulfone groups is 1. The molecule has 0 radical (unpaired) electrons. The first-order chi connectivity index (χ1) is 15.1. The van der Waals surface area contributed by atoms with E-state index in [1.54, 1.807) is 28.9 Å². The van der Waals surface area contributed by atoms with Gasteiger partial charge in [-0.05, 0) is 31.9 Å². The number of fused-ring (bicyclic) bond motifs is 2. The summed E-state index contributed by atoms with van der Waals surface area (Å²) in [4.78, 5) is 16.4. The Kier molecular flexibility index (Phi) is 4.75. The van der Waals surface area contributed by atoms with E-state index in [4.69, 9.17) is 11.6 Å². The number of halogens is 2. The van der Waals surface area contributed by atoms with E-state index in [0.29, 0.717) is 28.0 Å². The van der Waals surface area contributed by atoms with Crippen molar-refractivity contribution in [2.45, 2.75) is 25.0 Å². The Morgan fingerprint density at radius 1 is 1.34 bits per heavy atom. The third-order valence-corrected chi connectivity index (χ3v) is 7.69. The summed E-state index contributed by atoms with van der Waals surface area (Å²) in [5.74, 6) is -0.365. The molecule has 0 aliphatic heterocycles. The predicted molar refractivity (Wildman–Crippen MR) is 120 cm³/mol. The van der Waals surface area contributed by atoms with Crippen LogP contribution in [0.1, 0.15) is 30.6 Å². The minimum atomic E-state index is -3.57. The zero-order chi connectivity index (χ0) is 22.8. The summed E-state index contributed by atoms with van der Waals surface area (Å²) in [5.41, 5.74) is 1.81. The highest BCUT2D eigenvalue weighted by Gasteiger charge is 2.30. The summed E-state index contributed by atoms with van der Waals surface area (Å²) < 4.78 is 41.3. The predicted octanol–water partition coefficient (Wildman–Crippen LogP) is 4.12. The number of hydrogen-bond donors (Lipinski definition) is 2. The van der Waals surface area contributed by atoms with Crippen LogP contribution in [0.15, 0.2) is 30.7 Å². The topological polar surface area (TPSA) is 109 Å². The number of nitrogens with zero attached hydrogens (tertiary/aromatic N) is 3. The summed E-state index contributed by atoms with van der Waals surface area (Å²) >= 11 is 6.44. The van der Waals surface area contributed by atoms with Gasteiger partial charge < -0.3 is 9.72 Å². The van der Waals surface area contributed by atoms with E-state index in [2.05, 4.69) is 20.5 Å². The molecule has 4 aromatic rings. The van der Waals surface area contributed by atoms with E-state index in [0.717, 1.165) is 19.1 Å². The van der Waals surface area contributed by atoms with Gasteiger partial charge >= 0.3 is 0 Å². The second kappa shape index (κ2) is 7.28. The van der Waals surface area contributed by atoms with Crippen LogP contribution in [0.3, 0.4) is 0 Å². The molecule has 1 saturated carbocycles. The third-order valence-electron chi connectivity index (χ3n) is 5.81. The number of H-pyrrole nitrogens is 1. The zero-order valence-electron chi connectivity index (χ0n) is 17.2. The minimum absolute atomic E-state index is 0.0393. The number of rotatable bonds is 5. The molecule has 3 heterocycles. The quantitative estimate of drug-likeness (QED) is 0.451. The number of amides is 1. The van der Waals surface area contributed by atoms with Crippen LogP contribution in [-0.2, 0) is 14.6 Å². The van der Waals surface area contributed by atoms with E-state index in [-0.39, 0.29) is 27.9 Å². The van der Waals surface area contributed by atoms with Gasteiger partial charge in [0, 0.05) is 40.4 Å². The van der Waals surface area contributed by atoms with Crippen LogP contribution in [0.4, 0.5) is 10.2 Å². The lowest BCUT2D eigenvalue weighted by Gasteiger charge is -2.16. The smallest absolute Gasteiger partial charge is 0.228 e. The minimum Gasteiger partial charge on any atom is -0.309 e. The number of carbonyl (C=O) groups excluding carboxylic acids is 1. The van der Waals surface area contributed by atoms with E-state index in [1.165, 1.54) is 13.1 Å². The van der Waals surface area contributed by atoms with Crippen molar-refractivity contribution in [1.29, 1.82) is 0 Å². The maximum absolute atomic E-state index is 15.4. The van der Waals surface area contributed by atoms with Crippen LogP contribution in [-0.4, -0.2) is 40.2 Å². The van der Waals surface area contributed by atoms with Crippen molar-refractivity contribution in [1.82, 2.24) is 19.6 Å².